The summed E-state index contributed by atoms with van der Waals surface area (Å²) in [5, 5.41) is 5.95. The van der Waals surface area contributed by atoms with Gasteiger partial charge in [-0.05, 0) is 26.0 Å². The summed E-state index contributed by atoms with van der Waals surface area (Å²) in [5.74, 6) is -0.0317. The van der Waals surface area contributed by atoms with Crippen LogP contribution in [0.25, 0.3) is 0 Å². The van der Waals surface area contributed by atoms with Gasteiger partial charge in [0.05, 0.1) is 34.0 Å². The molecule has 0 aromatic heterocycles. The number of amides is 2. The molecule has 6 nitrogen and oxygen atoms in total. The lowest BCUT2D eigenvalue weighted by molar-refractivity contribution is -0.139. The fraction of sp³-hybridized carbons (Fsp3) is 0.333. The van der Waals surface area contributed by atoms with Gasteiger partial charge in [0.2, 0.25) is 0 Å². The molecule has 1 atom stereocenters. The second-order valence-electron chi connectivity index (χ2n) is 4.80. The maximum atomic E-state index is 12.1. The van der Waals surface area contributed by atoms with E-state index in [9.17, 15) is 9.59 Å². The first-order valence-electron chi connectivity index (χ1n) is 6.98. The van der Waals surface area contributed by atoms with E-state index >= 15 is 0 Å². The minimum atomic E-state index is -0.500. The lowest BCUT2D eigenvalue weighted by Crippen LogP contribution is -2.50. The van der Waals surface area contributed by atoms with Gasteiger partial charge in [0.1, 0.15) is 12.4 Å². The monoisotopic (exact) mass is 358 g/mol. The van der Waals surface area contributed by atoms with E-state index < -0.39 is 18.0 Å². The highest BCUT2D eigenvalue weighted by Gasteiger charge is 2.29. The van der Waals surface area contributed by atoms with E-state index in [2.05, 4.69) is 10.6 Å². The number of carbonyl (C=O) groups excluding carboxylic acids is 2. The lowest BCUT2D eigenvalue weighted by atomic mass is 10.0. The number of halogens is 2. The Morgan fingerprint density at radius 3 is 2.70 bits per heavy atom. The molecule has 2 amide bonds. The van der Waals surface area contributed by atoms with Crippen molar-refractivity contribution in [1.29, 1.82) is 0 Å². The maximum absolute atomic E-state index is 12.1. The highest BCUT2D eigenvalue weighted by molar-refractivity contribution is 6.42. The van der Waals surface area contributed by atoms with Gasteiger partial charge in [-0.15, -0.1) is 0 Å². The number of hydrogen-bond acceptors (Lipinski definition) is 4. The molecule has 1 heterocycles. The van der Waals surface area contributed by atoms with Crippen molar-refractivity contribution >= 4 is 35.2 Å². The summed E-state index contributed by atoms with van der Waals surface area (Å²) in [7, 11) is 0. The molecular weight excluding hydrogens is 343 g/mol. The molecule has 2 rings (SSSR count). The third-order valence-electron chi connectivity index (χ3n) is 3.14. The number of benzene rings is 1. The van der Waals surface area contributed by atoms with Crippen molar-refractivity contribution < 1.29 is 19.1 Å². The van der Waals surface area contributed by atoms with Crippen molar-refractivity contribution in [3.05, 3.63) is 39.5 Å². The van der Waals surface area contributed by atoms with Crippen LogP contribution in [-0.2, 0) is 9.53 Å². The van der Waals surface area contributed by atoms with E-state index in [4.69, 9.17) is 32.7 Å². The summed E-state index contributed by atoms with van der Waals surface area (Å²) in [6, 6.07) is 3.92. The molecule has 23 heavy (non-hydrogen) atoms. The Balaban J connectivity index is 2.20. The van der Waals surface area contributed by atoms with Gasteiger partial charge < -0.3 is 20.1 Å². The highest BCUT2D eigenvalue weighted by Crippen LogP contribution is 2.26. The molecular formula is C15H16Cl2N2O4. The number of urea groups is 1. The average molecular weight is 359 g/mol. The van der Waals surface area contributed by atoms with Crippen molar-refractivity contribution in [3.8, 4) is 5.75 Å². The zero-order valence-electron chi connectivity index (χ0n) is 12.6. The van der Waals surface area contributed by atoms with E-state index in [0.717, 1.165) is 0 Å². The second kappa shape index (κ2) is 7.57. The maximum Gasteiger partial charge on any atom is 0.338 e. The fourth-order valence-corrected chi connectivity index (χ4v) is 2.40. The summed E-state index contributed by atoms with van der Waals surface area (Å²) in [6.45, 7) is 3.64. The molecule has 0 saturated heterocycles. The summed E-state index contributed by atoms with van der Waals surface area (Å²) in [6.07, 6.45) is 0. The van der Waals surface area contributed by atoms with Gasteiger partial charge in [0.15, 0.2) is 0 Å². The number of rotatable bonds is 5. The number of esters is 1. The normalized spacial score (nSPS) is 17.4. The van der Waals surface area contributed by atoms with Crippen molar-refractivity contribution in [1.82, 2.24) is 10.6 Å². The molecule has 1 aromatic rings. The van der Waals surface area contributed by atoms with Crippen LogP contribution in [0.5, 0.6) is 5.75 Å². The SMILES string of the molecule is CCOC(=O)C1=C(COc2ccc(Cl)c(Cl)c2)NC(=O)N[C@@H]1C. The molecule has 2 N–H and O–H groups in total. The third-order valence-corrected chi connectivity index (χ3v) is 3.88. The highest BCUT2D eigenvalue weighted by atomic mass is 35.5. The first-order valence-corrected chi connectivity index (χ1v) is 7.73. The third kappa shape index (κ3) is 4.30. The quantitative estimate of drug-likeness (QED) is 0.793. The van der Waals surface area contributed by atoms with Crippen LogP contribution in [0.2, 0.25) is 10.0 Å². The van der Waals surface area contributed by atoms with Crippen molar-refractivity contribution in [2.24, 2.45) is 0 Å². The number of ether oxygens (including phenoxy) is 2. The first-order chi connectivity index (χ1) is 10.9. The Morgan fingerprint density at radius 1 is 1.30 bits per heavy atom. The zero-order chi connectivity index (χ0) is 17.0. The molecule has 8 heteroatoms. The topological polar surface area (TPSA) is 76.7 Å². The van der Waals surface area contributed by atoms with Crippen LogP contribution in [0.15, 0.2) is 29.5 Å². The van der Waals surface area contributed by atoms with Gasteiger partial charge in [-0.25, -0.2) is 9.59 Å². The average Bonchev–Trinajstić information content (AvgIpc) is 2.48. The van der Waals surface area contributed by atoms with E-state index in [1.807, 2.05) is 0 Å². The number of nitrogens with one attached hydrogen (secondary N) is 2. The van der Waals surface area contributed by atoms with Gasteiger partial charge in [-0.2, -0.15) is 0 Å². The molecule has 0 radical (unpaired) electrons. The molecule has 124 valence electrons. The van der Waals surface area contributed by atoms with Gasteiger partial charge >= 0.3 is 12.0 Å². The Hall–Kier alpha value is -1.92. The van der Waals surface area contributed by atoms with Crippen LogP contribution < -0.4 is 15.4 Å². The number of carbonyl (C=O) groups is 2. The summed E-state index contributed by atoms with van der Waals surface area (Å²) in [4.78, 5) is 23.7. The molecule has 1 aromatic carbocycles. The smallest absolute Gasteiger partial charge is 0.338 e. The van der Waals surface area contributed by atoms with Crippen LogP contribution in [0.1, 0.15) is 13.8 Å². The molecule has 0 fully saturated rings. The van der Waals surface area contributed by atoms with Crippen LogP contribution in [-0.4, -0.2) is 31.3 Å². The summed E-state index contributed by atoms with van der Waals surface area (Å²) < 4.78 is 10.6. The van der Waals surface area contributed by atoms with E-state index in [0.29, 0.717) is 27.1 Å². The summed E-state index contributed by atoms with van der Waals surface area (Å²) >= 11 is 11.8. The lowest BCUT2D eigenvalue weighted by Gasteiger charge is -2.26. The van der Waals surface area contributed by atoms with E-state index in [1.165, 1.54) is 0 Å². The summed E-state index contributed by atoms with van der Waals surface area (Å²) in [5.41, 5.74) is 0.678. The van der Waals surface area contributed by atoms with E-state index in [-0.39, 0.29) is 13.2 Å². The molecule has 0 spiro atoms. The minimum Gasteiger partial charge on any atom is -0.487 e. The molecule has 1 aliphatic rings. The Bertz CT molecular complexity index is 661. The minimum absolute atomic E-state index is 0.0101. The van der Waals surface area contributed by atoms with Gasteiger partial charge in [0, 0.05) is 6.07 Å². The fourth-order valence-electron chi connectivity index (χ4n) is 2.12. The van der Waals surface area contributed by atoms with Gasteiger partial charge in [-0.1, -0.05) is 23.2 Å². The van der Waals surface area contributed by atoms with Crippen molar-refractivity contribution in [2.45, 2.75) is 19.9 Å². The van der Waals surface area contributed by atoms with E-state index in [1.54, 1.807) is 32.0 Å². The first kappa shape index (κ1) is 17.4. The van der Waals surface area contributed by atoms with Gasteiger partial charge in [-0.3, -0.25) is 0 Å². The van der Waals surface area contributed by atoms with Gasteiger partial charge in [0.25, 0.3) is 0 Å². The van der Waals surface area contributed by atoms with Crippen LogP contribution >= 0.6 is 23.2 Å². The number of hydrogen-bond donors (Lipinski definition) is 2. The molecule has 1 aliphatic heterocycles. The Kier molecular flexibility index (Phi) is 5.74. The largest absolute Gasteiger partial charge is 0.487 e. The molecule has 0 saturated carbocycles. The van der Waals surface area contributed by atoms with Crippen LogP contribution in [0.3, 0.4) is 0 Å². The Labute approximate surface area is 143 Å². The second-order valence-corrected chi connectivity index (χ2v) is 5.61. The predicted octanol–water partition coefficient (Wildman–Crippen LogP) is 2.89. The van der Waals surface area contributed by atoms with Crippen molar-refractivity contribution in [3.63, 3.8) is 0 Å². The predicted molar refractivity (Wildman–Crippen MR) is 86.7 cm³/mol. The Morgan fingerprint density at radius 2 is 2.04 bits per heavy atom. The molecule has 0 aliphatic carbocycles. The standard InChI is InChI=1S/C15H16Cl2N2O4/c1-3-22-14(20)13-8(2)18-15(21)19-12(13)7-23-9-4-5-10(16)11(17)6-9/h4-6,8H,3,7H2,1-2H3,(H2,18,19,21)/t8-/m1/s1. The zero-order valence-corrected chi connectivity index (χ0v) is 14.1. The molecule has 0 bridgehead atoms. The van der Waals surface area contributed by atoms with Crippen LogP contribution in [0.4, 0.5) is 4.79 Å². The van der Waals surface area contributed by atoms with Crippen LogP contribution in [0, 0.1) is 0 Å². The molecule has 0 unspecified atom stereocenters. The van der Waals surface area contributed by atoms with Crippen molar-refractivity contribution in [2.75, 3.05) is 13.2 Å².